The number of nitrogens with one attached hydrogen (secondary N) is 2. The number of aryl methyl sites for hydroxylation is 1. The molecular formula is C22H21N5O2S. The average molecular weight is 420 g/mol. The second-order valence-electron chi connectivity index (χ2n) is 6.97. The van der Waals surface area contributed by atoms with Gasteiger partial charge >= 0.3 is 0 Å². The quantitative estimate of drug-likeness (QED) is 0.329. The van der Waals surface area contributed by atoms with Crippen LogP contribution in [-0.4, -0.2) is 23.8 Å². The number of rotatable bonds is 6. The molecule has 0 radical (unpaired) electrons. The fourth-order valence-electron chi connectivity index (χ4n) is 3.29. The van der Waals surface area contributed by atoms with Gasteiger partial charge in [-0.15, -0.1) is 0 Å². The van der Waals surface area contributed by atoms with Crippen molar-refractivity contribution in [2.24, 2.45) is 12.8 Å². The summed E-state index contributed by atoms with van der Waals surface area (Å²) in [5.74, 6) is 0.826. The number of hydrogen-bond donors (Lipinski definition) is 3. The van der Waals surface area contributed by atoms with Crippen molar-refractivity contribution in [3.63, 3.8) is 0 Å². The first-order valence-corrected chi connectivity index (χ1v) is 10.8. The molecule has 0 saturated carbocycles. The Morgan fingerprint density at radius 3 is 2.40 bits per heavy atom. The fourth-order valence-corrected chi connectivity index (χ4v) is 4.38. The molecule has 4 rings (SSSR count). The second kappa shape index (κ2) is 7.64. The van der Waals surface area contributed by atoms with Gasteiger partial charge in [0.15, 0.2) is 0 Å². The van der Waals surface area contributed by atoms with Crippen LogP contribution in [0.3, 0.4) is 0 Å². The summed E-state index contributed by atoms with van der Waals surface area (Å²) in [5, 5.41) is 7.50. The number of benzene rings is 3. The van der Waals surface area contributed by atoms with Crippen LogP contribution >= 0.6 is 0 Å². The first-order valence-electron chi connectivity index (χ1n) is 9.31. The van der Waals surface area contributed by atoms with Gasteiger partial charge < -0.3 is 10.3 Å². The van der Waals surface area contributed by atoms with Gasteiger partial charge in [-0.3, -0.25) is 10.1 Å². The highest BCUT2D eigenvalue weighted by Crippen LogP contribution is 2.26. The number of fused-ring (bicyclic) bond motifs is 1. The zero-order valence-electron chi connectivity index (χ0n) is 16.3. The summed E-state index contributed by atoms with van der Waals surface area (Å²) in [6, 6.07) is 21.1. The van der Waals surface area contributed by atoms with Gasteiger partial charge in [0.1, 0.15) is 17.2 Å². The molecule has 4 aromatic rings. The van der Waals surface area contributed by atoms with E-state index in [0.29, 0.717) is 23.2 Å². The van der Waals surface area contributed by atoms with Crippen molar-refractivity contribution >= 4 is 32.6 Å². The monoisotopic (exact) mass is 419 g/mol. The van der Waals surface area contributed by atoms with Gasteiger partial charge in [-0.05, 0) is 29.8 Å². The number of nitrogens with two attached hydrogens (primary N) is 1. The molecule has 4 N–H and O–H groups in total. The minimum absolute atomic E-state index is 0.0274. The summed E-state index contributed by atoms with van der Waals surface area (Å²) >= 11 is 0. The summed E-state index contributed by atoms with van der Waals surface area (Å²) in [5.41, 5.74) is 9.06. The Bertz CT molecular complexity index is 1330. The third-order valence-electron chi connectivity index (χ3n) is 4.93. The standard InChI is InChI=1S/C22H21N5O2S/c1-27-19-9-5-8-18(26-30(28,29)17-6-3-2-4-7-17)21(19)25-20(27)14-15-10-12-16(13-11-15)22(23)24/h2-13,26H,14H2,1H3,(H3,23,24). The van der Waals surface area contributed by atoms with Gasteiger partial charge in [0.25, 0.3) is 10.0 Å². The smallest absolute Gasteiger partial charge is 0.261 e. The van der Waals surface area contributed by atoms with Gasteiger partial charge in [-0.25, -0.2) is 13.4 Å². The molecule has 8 heteroatoms. The topological polar surface area (TPSA) is 114 Å². The normalized spacial score (nSPS) is 11.5. The number of nitrogen functional groups attached to an aromatic ring is 1. The predicted molar refractivity (Wildman–Crippen MR) is 118 cm³/mol. The van der Waals surface area contributed by atoms with Crippen LogP contribution in [0, 0.1) is 5.41 Å². The van der Waals surface area contributed by atoms with Crippen molar-refractivity contribution in [2.45, 2.75) is 11.3 Å². The van der Waals surface area contributed by atoms with Crippen LogP contribution in [0.25, 0.3) is 11.0 Å². The first-order chi connectivity index (χ1) is 14.3. The average Bonchev–Trinajstić information content (AvgIpc) is 3.05. The maximum atomic E-state index is 12.7. The number of anilines is 1. The van der Waals surface area contributed by atoms with Crippen molar-refractivity contribution in [3.8, 4) is 0 Å². The number of nitrogens with zero attached hydrogens (tertiary/aromatic N) is 2. The lowest BCUT2D eigenvalue weighted by Gasteiger charge is -2.08. The molecule has 0 atom stereocenters. The molecule has 0 amide bonds. The van der Waals surface area contributed by atoms with Crippen molar-refractivity contribution in [3.05, 3.63) is 89.7 Å². The van der Waals surface area contributed by atoms with E-state index in [9.17, 15) is 8.42 Å². The maximum absolute atomic E-state index is 12.7. The zero-order valence-corrected chi connectivity index (χ0v) is 17.1. The molecule has 0 saturated heterocycles. The third kappa shape index (κ3) is 3.77. The fraction of sp³-hybridized carbons (Fsp3) is 0.0909. The molecule has 152 valence electrons. The summed E-state index contributed by atoms with van der Waals surface area (Å²) in [6.45, 7) is 0. The Balaban J connectivity index is 1.68. The summed E-state index contributed by atoms with van der Waals surface area (Å²) in [7, 11) is -1.80. The molecule has 7 nitrogen and oxygen atoms in total. The Labute approximate surface area is 174 Å². The zero-order chi connectivity index (χ0) is 21.3. The van der Waals surface area contributed by atoms with E-state index in [1.807, 2.05) is 29.8 Å². The number of aromatic nitrogens is 2. The summed E-state index contributed by atoms with van der Waals surface area (Å²) in [6.07, 6.45) is 0.564. The van der Waals surface area contributed by atoms with E-state index in [1.54, 1.807) is 54.6 Å². The Morgan fingerprint density at radius 2 is 1.73 bits per heavy atom. The highest BCUT2D eigenvalue weighted by atomic mass is 32.2. The molecule has 0 fully saturated rings. The SMILES string of the molecule is Cn1c(Cc2ccc(C(=N)N)cc2)nc2c(NS(=O)(=O)c3ccccc3)cccc21. The van der Waals surface area contributed by atoms with Crippen molar-refractivity contribution < 1.29 is 8.42 Å². The van der Waals surface area contributed by atoms with Gasteiger partial charge in [0.2, 0.25) is 0 Å². The molecule has 1 heterocycles. The molecular weight excluding hydrogens is 398 g/mol. The molecule has 0 bridgehead atoms. The number of hydrogen-bond acceptors (Lipinski definition) is 4. The van der Waals surface area contributed by atoms with E-state index in [2.05, 4.69) is 4.72 Å². The lowest BCUT2D eigenvalue weighted by atomic mass is 10.1. The Hall–Kier alpha value is -3.65. The van der Waals surface area contributed by atoms with Crippen LogP contribution in [0.5, 0.6) is 0 Å². The molecule has 1 aromatic heterocycles. The minimum atomic E-state index is -3.71. The molecule has 3 aromatic carbocycles. The summed E-state index contributed by atoms with van der Waals surface area (Å²) in [4.78, 5) is 4.91. The first kappa shape index (κ1) is 19.7. The van der Waals surface area contributed by atoms with Crippen LogP contribution in [0.2, 0.25) is 0 Å². The van der Waals surface area contributed by atoms with Crippen molar-refractivity contribution in [1.82, 2.24) is 9.55 Å². The van der Waals surface area contributed by atoms with Crippen molar-refractivity contribution in [1.29, 1.82) is 5.41 Å². The molecule has 30 heavy (non-hydrogen) atoms. The van der Waals surface area contributed by atoms with Crippen molar-refractivity contribution in [2.75, 3.05) is 4.72 Å². The number of para-hydroxylation sites is 1. The molecule has 0 aliphatic heterocycles. The van der Waals surface area contributed by atoms with Crippen LogP contribution in [0.15, 0.2) is 77.7 Å². The summed E-state index contributed by atoms with van der Waals surface area (Å²) < 4.78 is 30.1. The van der Waals surface area contributed by atoms with E-state index in [4.69, 9.17) is 16.1 Å². The number of amidine groups is 1. The molecule has 0 aliphatic carbocycles. The van der Waals surface area contributed by atoms with Gasteiger partial charge in [-0.2, -0.15) is 0 Å². The van der Waals surface area contributed by atoms with Crippen LogP contribution in [0.1, 0.15) is 17.0 Å². The van der Waals surface area contributed by atoms with Crippen LogP contribution in [-0.2, 0) is 23.5 Å². The van der Waals surface area contributed by atoms with Gasteiger partial charge in [-0.1, -0.05) is 48.5 Å². The Morgan fingerprint density at radius 1 is 1.03 bits per heavy atom. The van der Waals surface area contributed by atoms with E-state index in [1.165, 1.54) is 0 Å². The lowest BCUT2D eigenvalue weighted by Crippen LogP contribution is -2.13. The van der Waals surface area contributed by atoms with E-state index in [0.717, 1.165) is 16.9 Å². The largest absolute Gasteiger partial charge is 0.384 e. The van der Waals surface area contributed by atoms with Crippen LogP contribution in [0.4, 0.5) is 5.69 Å². The predicted octanol–water partition coefficient (Wildman–Crippen LogP) is 3.25. The lowest BCUT2D eigenvalue weighted by molar-refractivity contribution is 0.601. The molecule has 0 aliphatic rings. The highest BCUT2D eigenvalue weighted by Gasteiger charge is 2.18. The maximum Gasteiger partial charge on any atom is 0.261 e. The minimum Gasteiger partial charge on any atom is -0.384 e. The Kier molecular flexibility index (Phi) is 5.01. The highest BCUT2D eigenvalue weighted by molar-refractivity contribution is 7.92. The second-order valence-corrected chi connectivity index (χ2v) is 8.65. The van der Waals surface area contributed by atoms with E-state index >= 15 is 0 Å². The molecule has 0 unspecified atom stereocenters. The van der Waals surface area contributed by atoms with E-state index in [-0.39, 0.29) is 10.7 Å². The van der Waals surface area contributed by atoms with Gasteiger partial charge in [0, 0.05) is 19.0 Å². The van der Waals surface area contributed by atoms with Gasteiger partial charge in [0.05, 0.1) is 16.1 Å². The van der Waals surface area contributed by atoms with E-state index < -0.39 is 10.0 Å². The third-order valence-corrected chi connectivity index (χ3v) is 6.31. The molecule has 0 spiro atoms. The number of sulfonamides is 1. The number of imidazole rings is 1. The van der Waals surface area contributed by atoms with Crippen LogP contribution < -0.4 is 10.5 Å².